The first kappa shape index (κ1) is 22.3. The summed E-state index contributed by atoms with van der Waals surface area (Å²) in [4.78, 5) is 39.1. The van der Waals surface area contributed by atoms with Crippen molar-refractivity contribution in [3.8, 4) is 11.5 Å². The van der Waals surface area contributed by atoms with Crippen molar-refractivity contribution in [1.29, 1.82) is 0 Å². The van der Waals surface area contributed by atoms with Crippen LogP contribution in [0.25, 0.3) is 10.8 Å². The Balaban J connectivity index is 1.81. The minimum absolute atomic E-state index is 0.0229. The molecule has 0 unspecified atom stereocenters. The maximum Gasteiger partial charge on any atom is 0.310 e. The SMILES string of the molecule is CCOC(=O)Cc1ccc(N2C(=O)c3c(c(OC(C)C)c4ccccc4c3O)C2=O)cc1F. The van der Waals surface area contributed by atoms with Gasteiger partial charge in [-0.1, -0.05) is 30.3 Å². The van der Waals surface area contributed by atoms with Crippen LogP contribution in [0.3, 0.4) is 0 Å². The largest absolute Gasteiger partial charge is 0.506 e. The number of carbonyl (C=O) groups excluding carboxylic acids is 3. The Bertz CT molecular complexity index is 1300. The lowest BCUT2D eigenvalue weighted by Crippen LogP contribution is -2.29. The number of esters is 1. The van der Waals surface area contributed by atoms with Gasteiger partial charge in [-0.3, -0.25) is 14.4 Å². The first-order valence-electron chi connectivity index (χ1n) is 10.5. The number of benzene rings is 3. The van der Waals surface area contributed by atoms with Crippen LogP contribution in [-0.4, -0.2) is 35.6 Å². The van der Waals surface area contributed by atoms with Crippen LogP contribution in [0, 0.1) is 5.82 Å². The molecule has 3 aromatic carbocycles. The van der Waals surface area contributed by atoms with Crippen molar-refractivity contribution in [3.63, 3.8) is 0 Å². The Morgan fingerprint density at radius 1 is 1.06 bits per heavy atom. The number of anilines is 1. The average Bonchev–Trinajstić information content (AvgIpc) is 3.03. The van der Waals surface area contributed by atoms with Crippen molar-refractivity contribution in [2.45, 2.75) is 33.3 Å². The number of imide groups is 1. The molecule has 1 aliphatic rings. The molecule has 7 nitrogen and oxygen atoms in total. The fraction of sp³-hybridized carbons (Fsp3) is 0.240. The molecule has 0 aromatic heterocycles. The van der Waals surface area contributed by atoms with E-state index < -0.39 is 23.6 Å². The van der Waals surface area contributed by atoms with Gasteiger partial charge in [0.05, 0.1) is 35.9 Å². The minimum atomic E-state index is -0.788. The van der Waals surface area contributed by atoms with Crippen LogP contribution in [0.1, 0.15) is 47.1 Å². The van der Waals surface area contributed by atoms with E-state index in [-0.39, 0.29) is 53.0 Å². The Morgan fingerprint density at radius 3 is 2.36 bits per heavy atom. The highest BCUT2D eigenvalue weighted by molar-refractivity contribution is 6.38. The number of phenolic OH excluding ortho intramolecular Hbond substituents is 1. The third-order valence-electron chi connectivity index (χ3n) is 5.26. The van der Waals surface area contributed by atoms with Gasteiger partial charge < -0.3 is 14.6 Å². The van der Waals surface area contributed by atoms with Crippen LogP contribution in [0.4, 0.5) is 10.1 Å². The number of hydrogen-bond donors (Lipinski definition) is 1. The van der Waals surface area contributed by atoms with Gasteiger partial charge in [-0.25, -0.2) is 9.29 Å². The monoisotopic (exact) mass is 451 g/mol. The standard InChI is InChI=1S/C25H22FNO6/c1-4-32-19(28)11-14-9-10-15(12-18(14)26)27-24(30)20-21(25(27)31)23(33-13(2)3)17-8-6-5-7-16(17)22(20)29/h5-10,12-13,29H,4,11H2,1-3H3. The maximum atomic E-state index is 14.7. The zero-order valence-corrected chi connectivity index (χ0v) is 18.3. The van der Waals surface area contributed by atoms with E-state index >= 15 is 0 Å². The van der Waals surface area contributed by atoms with Gasteiger partial charge in [-0.2, -0.15) is 0 Å². The lowest BCUT2D eigenvalue weighted by atomic mass is 9.99. The third-order valence-corrected chi connectivity index (χ3v) is 5.26. The lowest BCUT2D eigenvalue weighted by molar-refractivity contribution is -0.142. The van der Waals surface area contributed by atoms with Gasteiger partial charge in [0.2, 0.25) is 0 Å². The highest BCUT2D eigenvalue weighted by Gasteiger charge is 2.43. The van der Waals surface area contributed by atoms with Gasteiger partial charge in [0.25, 0.3) is 11.8 Å². The van der Waals surface area contributed by atoms with Crippen molar-refractivity contribution in [2.24, 2.45) is 0 Å². The maximum absolute atomic E-state index is 14.7. The predicted octanol–water partition coefficient (Wildman–Crippen LogP) is 4.38. The van der Waals surface area contributed by atoms with Crippen LogP contribution in [0.15, 0.2) is 42.5 Å². The van der Waals surface area contributed by atoms with E-state index in [2.05, 4.69) is 0 Å². The van der Waals surface area contributed by atoms with Crippen molar-refractivity contribution < 1.29 is 33.4 Å². The summed E-state index contributed by atoms with van der Waals surface area (Å²) in [7, 11) is 0. The molecular weight excluding hydrogens is 429 g/mol. The zero-order valence-electron chi connectivity index (χ0n) is 18.3. The Morgan fingerprint density at radius 2 is 1.73 bits per heavy atom. The number of ether oxygens (including phenoxy) is 2. The van der Waals surface area contributed by atoms with Gasteiger partial charge in [0, 0.05) is 10.8 Å². The van der Waals surface area contributed by atoms with E-state index in [1.807, 2.05) is 0 Å². The Labute approximate surface area is 189 Å². The highest BCUT2D eigenvalue weighted by atomic mass is 19.1. The third kappa shape index (κ3) is 3.77. The molecule has 8 heteroatoms. The molecule has 0 saturated heterocycles. The molecular formula is C25H22FNO6. The Kier molecular flexibility index (Phi) is 5.76. The van der Waals surface area contributed by atoms with Crippen molar-refractivity contribution in [3.05, 3.63) is 65.0 Å². The molecule has 2 amide bonds. The fourth-order valence-electron chi connectivity index (χ4n) is 3.90. The normalized spacial score (nSPS) is 13.1. The summed E-state index contributed by atoms with van der Waals surface area (Å²) >= 11 is 0. The van der Waals surface area contributed by atoms with Crippen LogP contribution >= 0.6 is 0 Å². The average molecular weight is 451 g/mol. The molecule has 0 fully saturated rings. The molecule has 3 aromatic rings. The minimum Gasteiger partial charge on any atom is -0.506 e. The molecule has 1 heterocycles. The summed E-state index contributed by atoms with van der Waals surface area (Å²) in [5, 5.41) is 11.7. The van der Waals surface area contributed by atoms with Gasteiger partial charge in [0.15, 0.2) is 0 Å². The molecule has 0 saturated carbocycles. The second-order valence-corrected chi connectivity index (χ2v) is 7.84. The van der Waals surface area contributed by atoms with Crippen molar-refractivity contribution in [2.75, 3.05) is 11.5 Å². The van der Waals surface area contributed by atoms with E-state index in [1.54, 1.807) is 45.0 Å². The van der Waals surface area contributed by atoms with Crippen LogP contribution < -0.4 is 9.64 Å². The highest BCUT2D eigenvalue weighted by Crippen LogP contribution is 2.45. The Hall–Kier alpha value is -3.94. The molecule has 33 heavy (non-hydrogen) atoms. The molecule has 0 aliphatic carbocycles. The lowest BCUT2D eigenvalue weighted by Gasteiger charge is -2.17. The number of aromatic hydroxyl groups is 1. The summed E-state index contributed by atoms with van der Waals surface area (Å²) in [6.07, 6.45) is -0.584. The van der Waals surface area contributed by atoms with Gasteiger partial charge >= 0.3 is 5.97 Å². The fourth-order valence-corrected chi connectivity index (χ4v) is 3.90. The van der Waals surface area contributed by atoms with Crippen molar-refractivity contribution in [1.82, 2.24) is 0 Å². The molecule has 0 radical (unpaired) electrons. The predicted molar refractivity (Wildman–Crippen MR) is 119 cm³/mol. The number of carbonyl (C=O) groups is 3. The quantitative estimate of drug-likeness (QED) is 0.442. The summed E-state index contributed by atoms with van der Waals surface area (Å²) in [6.45, 7) is 5.39. The molecule has 1 N–H and O–H groups in total. The van der Waals surface area contributed by atoms with Gasteiger partial charge in [-0.05, 0) is 38.5 Å². The van der Waals surface area contributed by atoms with Gasteiger partial charge in [-0.15, -0.1) is 0 Å². The molecule has 170 valence electrons. The summed E-state index contributed by atoms with van der Waals surface area (Å²) in [6, 6.07) is 10.5. The zero-order chi connectivity index (χ0) is 23.9. The molecule has 0 spiro atoms. The molecule has 0 atom stereocenters. The summed E-state index contributed by atoms with van der Waals surface area (Å²) in [5.74, 6) is -3.01. The van der Waals surface area contributed by atoms with Crippen LogP contribution in [0.2, 0.25) is 0 Å². The number of nitrogens with zero attached hydrogens (tertiary/aromatic N) is 1. The topological polar surface area (TPSA) is 93.1 Å². The number of rotatable bonds is 6. The van der Waals surface area contributed by atoms with Crippen LogP contribution in [0.5, 0.6) is 11.5 Å². The first-order chi connectivity index (χ1) is 15.7. The van der Waals surface area contributed by atoms with E-state index in [4.69, 9.17) is 9.47 Å². The van der Waals surface area contributed by atoms with Crippen LogP contribution in [-0.2, 0) is 16.0 Å². The molecule has 0 bridgehead atoms. The van der Waals surface area contributed by atoms with E-state index in [9.17, 15) is 23.9 Å². The number of fused-ring (bicyclic) bond motifs is 2. The second kappa shape index (κ2) is 8.54. The van der Waals surface area contributed by atoms with E-state index in [0.29, 0.717) is 10.8 Å². The summed E-state index contributed by atoms with van der Waals surface area (Å²) < 4.78 is 25.5. The number of phenols is 1. The summed E-state index contributed by atoms with van der Waals surface area (Å²) in [5.41, 5.74) is -0.206. The smallest absolute Gasteiger partial charge is 0.310 e. The van der Waals surface area contributed by atoms with E-state index in [0.717, 1.165) is 11.0 Å². The number of halogens is 1. The van der Waals surface area contributed by atoms with Crippen molar-refractivity contribution >= 4 is 34.2 Å². The van der Waals surface area contributed by atoms with E-state index in [1.165, 1.54) is 12.1 Å². The van der Waals surface area contributed by atoms with Gasteiger partial charge in [0.1, 0.15) is 17.3 Å². The first-order valence-corrected chi connectivity index (χ1v) is 10.5. The molecule has 4 rings (SSSR count). The second-order valence-electron chi connectivity index (χ2n) is 7.84. The number of amides is 2. The molecule has 1 aliphatic heterocycles. The number of hydrogen-bond acceptors (Lipinski definition) is 6.